The monoisotopic (exact) mass is 1020 g/mol. The highest BCUT2D eigenvalue weighted by Gasteiger charge is 2.46. The van der Waals surface area contributed by atoms with Crippen LogP contribution in [0.15, 0.2) is 83.3 Å². The Bertz CT molecular complexity index is 3120. The van der Waals surface area contributed by atoms with E-state index in [0.717, 1.165) is 65.1 Å². The second kappa shape index (κ2) is 20.6. The molecule has 0 bridgehead atoms. The van der Waals surface area contributed by atoms with Crippen molar-refractivity contribution in [3.05, 3.63) is 128 Å². The van der Waals surface area contributed by atoms with Gasteiger partial charge in [0.2, 0.25) is 17.7 Å². The standard InChI is InChI=1S/C55H61N9O7S2/c1-29-32(4)73-54-45(29)46(58-42(25-44(66)71-9)49-61-60-33(5)64(49)54)37-16-12-35(13-17-37)36-14-20-39(21-15-36)52(69)62-23-22-40(26-62)50(67)59-48(55(6,7)8)53(70)63-27-41(65)24-43(63)51(68)57-30(2)34-10-18-38(19-11-34)47-31(3)56-28-72-47/h10-21,28,30,40-43,48,65H,22-27H2,1-9H3,(H,57,68)(H,59,67)/t30-,40+,41+,42-,43-,48?/m0/s1. The Morgan fingerprint density at radius 1 is 0.849 bits per heavy atom. The lowest BCUT2D eigenvalue weighted by atomic mass is 9.85. The van der Waals surface area contributed by atoms with E-state index in [-0.39, 0.29) is 49.7 Å². The maximum absolute atomic E-state index is 14.4. The van der Waals surface area contributed by atoms with Crippen molar-refractivity contribution in [1.82, 2.24) is 40.2 Å². The summed E-state index contributed by atoms with van der Waals surface area (Å²) >= 11 is 3.21. The van der Waals surface area contributed by atoms with E-state index in [1.54, 1.807) is 39.7 Å². The van der Waals surface area contributed by atoms with E-state index in [4.69, 9.17) is 9.73 Å². The van der Waals surface area contributed by atoms with Crippen molar-refractivity contribution in [1.29, 1.82) is 0 Å². The summed E-state index contributed by atoms with van der Waals surface area (Å²) in [5, 5.41) is 26.6. The van der Waals surface area contributed by atoms with Gasteiger partial charge in [-0.05, 0) is 86.4 Å². The summed E-state index contributed by atoms with van der Waals surface area (Å²) in [5.74, 6) is -1.02. The number of aliphatic hydroxyl groups excluding tert-OH is 1. The van der Waals surface area contributed by atoms with Crippen LogP contribution in [-0.2, 0) is 23.9 Å². The first kappa shape index (κ1) is 51.0. The van der Waals surface area contributed by atoms with Gasteiger partial charge in [-0.1, -0.05) is 81.4 Å². The zero-order chi connectivity index (χ0) is 52.0. The maximum Gasteiger partial charge on any atom is 0.308 e. The number of aliphatic imine (C=N–C) groups is 1. The molecule has 3 aromatic heterocycles. The molecule has 1 unspecified atom stereocenters. The van der Waals surface area contributed by atoms with Crippen LogP contribution in [0.2, 0.25) is 0 Å². The molecule has 2 saturated heterocycles. The van der Waals surface area contributed by atoms with Gasteiger partial charge in [0.15, 0.2) is 5.82 Å². The molecule has 0 radical (unpaired) electrons. The third kappa shape index (κ3) is 10.2. The number of hydrogen-bond donors (Lipinski definition) is 3. The number of β-amino-alcohol motifs (C(OH)–C–C–N with tert-alkyl or cyclic N) is 1. The number of methoxy groups -OCH3 is 1. The molecular weight excluding hydrogens is 963 g/mol. The summed E-state index contributed by atoms with van der Waals surface area (Å²) in [6, 6.07) is 20.5. The van der Waals surface area contributed by atoms with Crippen LogP contribution in [0.5, 0.6) is 0 Å². The minimum atomic E-state index is -0.996. The van der Waals surface area contributed by atoms with Crippen molar-refractivity contribution in [2.75, 3.05) is 26.7 Å². The summed E-state index contributed by atoms with van der Waals surface area (Å²) in [6.07, 6.45) is -0.396. The molecule has 6 atom stereocenters. The molecule has 3 aliphatic rings. The molecule has 2 fully saturated rings. The Hall–Kier alpha value is -6.89. The molecule has 0 saturated carbocycles. The SMILES string of the molecule is COC(=O)C[C@@H]1N=C(c2ccc(-c3ccc(C(=O)N4CC[C@@H](C(=O)NC(C(=O)N5C[C@H](O)C[C@H]5C(=O)N[C@@H](C)c5ccc(-c6scnc6C)cc5)C(C)(C)C)C4)cc3)cc2)c2c(sc(C)c2C)-n2c(C)nnc21. The van der Waals surface area contributed by atoms with Crippen LogP contribution in [0.4, 0.5) is 0 Å². The normalized spacial score (nSPS) is 19.3. The first-order valence-electron chi connectivity index (χ1n) is 24.6. The first-order chi connectivity index (χ1) is 34.8. The van der Waals surface area contributed by atoms with Gasteiger partial charge >= 0.3 is 5.97 Å². The summed E-state index contributed by atoms with van der Waals surface area (Å²) in [4.78, 5) is 83.5. The van der Waals surface area contributed by atoms with E-state index in [1.807, 2.05) is 112 Å². The molecule has 3 aromatic carbocycles. The minimum Gasteiger partial charge on any atom is -0.469 e. The Morgan fingerprint density at radius 3 is 2.15 bits per heavy atom. The number of aryl methyl sites for hydroxylation is 3. The van der Waals surface area contributed by atoms with E-state index in [0.29, 0.717) is 30.2 Å². The van der Waals surface area contributed by atoms with E-state index < -0.39 is 47.4 Å². The van der Waals surface area contributed by atoms with Crippen LogP contribution in [-0.4, -0.2) is 115 Å². The molecule has 4 amide bonds. The number of aliphatic hydroxyl groups is 1. The fourth-order valence-corrected chi connectivity index (χ4v) is 12.0. The van der Waals surface area contributed by atoms with E-state index in [2.05, 4.69) is 39.7 Å². The lowest BCUT2D eigenvalue weighted by molar-refractivity contribution is -0.144. The Labute approximate surface area is 432 Å². The summed E-state index contributed by atoms with van der Waals surface area (Å²) in [5.41, 5.74) is 9.99. The molecule has 6 aromatic rings. The number of thiophene rings is 1. The number of rotatable bonds is 12. The number of nitrogens with zero attached hydrogens (tertiary/aromatic N) is 7. The van der Waals surface area contributed by atoms with Crippen molar-refractivity contribution < 1.29 is 33.8 Å². The summed E-state index contributed by atoms with van der Waals surface area (Å²) in [7, 11) is 1.36. The average Bonchev–Trinajstić information content (AvgIpc) is 4.23. The number of hydrogen-bond acceptors (Lipinski definition) is 13. The van der Waals surface area contributed by atoms with Gasteiger partial charge in [0, 0.05) is 47.6 Å². The second-order valence-corrected chi connectivity index (χ2v) is 22.5. The first-order valence-corrected chi connectivity index (χ1v) is 26.3. The van der Waals surface area contributed by atoms with E-state index >= 15 is 0 Å². The lowest BCUT2D eigenvalue weighted by Crippen LogP contribution is -2.58. The van der Waals surface area contributed by atoms with E-state index in [9.17, 15) is 29.1 Å². The van der Waals surface area contributed by atoms with Crippen LogP contribution in [0.25, 0.3) is 26.6 Å². The Morgan fingerprint density at radius 2 is 1.51 bits per heavy atom. The number of esters is 1. The molecule has 3 N–H and O–H groups in total. The van der Waals surface area contributed by atoms with Gasteiger partial charge in [0.1, 0.15) is 29.0 Å². The fraction of sp³-hybridized carbons (Fsp3) is 0.400. The third-order valence-corrected chi connectivity index (χ3v) is 16.5. The van der Waals surface area contributed by atoms with Crippen molar-refractivity contribution in [2.24, 2.45) is 16.3 Å². The molecule has 3 aliphatic heterocycles. The number of thiazole rings is 1. The fourth-order valence-electron chi connectivity index (χ4n) is 10.0. The molecule has 6 heterocycles. The summed E-state index contributed by atoms with van der Waals surface area (Å²) in [6.45, 7) is 16.0. The van der Waals surface area contributed by atoms with Gasteiger partial charge in [-0.3, -0.25) is 33.5 Å². The molecule has 0 spiro atoms. The van der Waals surface area contributed by atoms with Crippen molar-refractivity contribution in [2.45, 2.75) is 105 Å². The molecule has 380 valence electrons. The minimum absolute atomic E-state index is 0.0133. The van der Waals surface area contributed by atoms with E-state index in [1.165, 1.54) is 12.0 Å². The van der Waals surface area contributed by atoms with Gasteiger partial charge in [0.05, 0.1) is 53.4 Å². The lowest BCUT2D eigenvalue weighted by Gasteiger charge is -2.36. The number of benzene rings is 3. The van der Waals surface area contributed by atoms with Gasteiger partial charge in [-0.25, -0.2) is 4.98 Å². The highest BCUT2D eigenvalue weighted by molar-refractivity contribution is 7.15. The van der Waals surface area contributed by atoms with Crippen molar-refractivity contribution in [3.63, 3.8) is 0 Å². The Kier molecular flexibility index (Phi) is 14.4. The predicted molar refractivity (Wildman–Crippen MR) is 281 cm³/mol. The molecular formula is C55H61N9O7S2. The number of carbonyl (C=O) groups excluding carboxylic acids is 5. The molecule has 18 heteroatoms. The topological polar surface area (TPSA) is 201 Å². The average molecular weight is 1020 g/mol. The van der Waals surface area contributed by atoms with Gasteiger partial charge < -0.3 is 30.3 Å². The van der Waals surface area contributed by atoms with Crippen molar-refractivity contribution >= 4 is 58.0 Å². The number of carbonyl (C=O) groups is 5. The maximum atomic E-state index is 14.4. The van der Waals surface area contributed by atoms with Crippen LogP contribution >= 0.6 is 22.7 Å². The van der Waals surface area contributed by atoms with Gasteiger partial charge in [0.25, 0.3) is 5.91 Å². The number of aromatic nitrogens is 4. The number of fused-ring (bicyclic) bond motifs is 3. The largest absolute Gasteiger partial charge is 0.469 e. The van der Waals surface area contributed by atoms with Crippen LogP contribution < -0.4 is 10.6 Å². The zero-order valence-corrected chi connectivity index (χ0v) is 44.2. The molecule has 9 rings (SSSR count). The molecule has 73 heavy (non-hydrogen) atoms. The van der Waals surface area contributed by atoms with Gasteiger partial charge in [-0.15, -0.1) is 32.9 Å². The number of likely N-dealkylation sites (tertiary alicyclic amines) is 2. The second-order valence-electron chi connectivity index (χ2n) is 20.4. The zero-order valence-electron chi connectivity index (χ0n) is 42.6. The van der Waals surface area contributed by atoms with Crippen LogP contribution in [0, 0.1) is 39.0 Å². The highest BCUT2D eigenvalue weighted by Crippen LogP contribution is 2.40. The smallest absolute Gasteiger partial charge is 0.308 e. The summed E-state index contributed by atoms with van der Waals surface area (Å²) < 4.78 is 7.04. The molecule has 0 aliphatic carbocycles. The quantitative estimate of drug-likeness (QED) is 0.102. The number of nitrogens with one attached hydrogen (secondary N) is 2. The predicted octanol–water partition coefficient (Wildman–Crippen LogP) is 7.64. The van der Waals surface area contributed by atoms with Crippen LogP contribution in [0.1, 0.15) is 114 Å². The highest BCUT2D eigenvalue weighted by atomic mass is 32.1. The van der Waals surface area contributed by atoms with Crippen molar-refractivity contribution in [3.8, 4) is 26.6 Å². The van der Waals surface area contributed by atoms with Gasteiger partial charge in [-0.2, -0.15) is 0 Å². The number of ether oxygens (including phenoxy) is 1. The molecule has 16 nitrogen and oxygen atoms in total. The third-order valence-electron chi connectivity index (χ3n) is 14.3. The Balaban J connectivity index is 0.834. The van der Waals surface area contributed by atoms with Crippen LogP contribution in [0.3, 0.4) is 0 Å². The number of amides is 4.